The van der Waals surface area contributed by atoms with Crippen molar-refractivity contribution in [1.82, 2.24) is 10.6 Å². The van der Waals surface area contributed by atoms with Gasteiger partial charge in [0, 0.05) is 13.2 Å². The molecule has 1 aromatic carbocycles. The van der Waals surface area contributed by atoms with Crippen molar-refractivity contribution < 1.29 is 9.47 Å². The molecule has 0 heterocycles. The Morgan fingerprint density at radius 1 is 1.17 bits per heavy atom. The third-order valence-electron chi connectivity index (χ3n) is 2.96. The molecule has 0 aliphatic heterocycles. The van der Waals surface area contributed by atoms with Crippen LogP contribution in [0.3, 0.4) is 0 Å². The van der Waals surface area contributed by atoms with Crippen LogP contribution in [0.25, 0.3) is 0 Å². The van der Waals surface area contributed by atoms with E-state index in [1.165, 1.54) is 0 Å². The molecule has 0 aromatic heterocycles. The summed E-state index contributed by atoms with van der Waals surface area (Å²) in [5.74, 6) is 3.27. The number of hydrogen-bond acceptors (Lipinski definition) is 3. The molecule has 0 spiro atoms. The SMILES string of the molecule is C#CCNC(=NCc1cccc(COCCOCC)c1)NCC. The van der Waals surface area contributed by atoms with E-state index in [9.17, 15) is 0 Å². The number of benzene rings is 1. The van der Waals surface area contributed by atoms with Gasteiger partial charge in [-0.05, 0) is 25.0 Å². The summed E-state index contributed by atoms with van der Waals surface area (Å²) < 4.78 is 10.8. The molecule has 0 atom stereocenters. The van der Waals surface area contributed by atoms with E-state index >= 15 is 0 Å². The van der Waals surface area contributed by atoms with Crippen molar-refractivity contribution in [2.75, 3.05) is 32.9 Å². The Labute approximate surface area is 139 Å². The second kappa shape index (κ2) is 12.5. The number of rotatable bonds is 10. The third-order valence-corrected chi connectivity index (χ3v) is 2.96. The molecule has 0 amide bonds. The van der Waals surface area contributed by atoms with Crippen LogP contribution in [0, 0.1) is 12.3 Å². The average Bonchev–Trinajstić information content (AvgIpc) is 2.57. The number of nitrogens with one attached hydrogen (secondary N) is 2. The summed E-state index contributed by atoms with van der Waals surface area (Å²) in [6.07, 6.45) is 5.26. The Balaban J connectivity index is 2.49. The van der Waals surface area contributed by atoms with E-state index in [1.807, 2.05) is 19.9 Å². The highest BCUT2D eigenvalue weighted by Gasteiger charge is 1.99. The zero-order chi connectivity index (χ0) is 16.8. The Hall–Kier alpha value is -2.03. The van der Waals surface area contributed by atoms with E-state index in [1.54, 1.807) is 0 Å². The van der Waals surface area contributed by atoms with Gasteiger partial charge in [-0.2, -0.15) is 0 Å². The van der Waals surface area contributed by atoms with Crippen molar-refractivity contribution in [3.8, 4) is 12.3 Å². The fourth-order valence-corrected chi connectivity index (χ4v) is 1.92. The van der Waals surface area contributed by atoms with Crippen molar-refractivity contribution >= 4 is 5.96 Å². The predicted molar refractivity (Wildman–Crippen MR) is 94.2 cm³/mol. The lowest BCUT2D eigenvalue weighted by Crippen LogP contribution is -2.37. The van der Waals surface area contributed by atoms with Gasteiger partial charge >= 0.3 is 0 Å². The monoisotopic (exact) mass is 317 g/mol. The summed E-state index contributed by atoms with van der Waals surface area (Å²) in [4.78, 5) is 4.52. The molecule has 126 valence electrons. The maximum Gasteiger partial charge on any atom is 0.192 e. The molecule has 0 saturated carbocycles. The van der Waals surface area contributed by atoms with E-state index in [0.717, 1.165) is 30.2 Å². The molecule has 1 aromatic rings. The summed E-state index contributed by atoms with van der Waals surface area (Å²) >= 11 is 0. The Bertz CT molecular complexity index is 509. The molecular formula is C18H27N3O2. The van der Waals surface area contributed by atoms with E-state index < -0.39 is 0 Å². The van der Waals surface area contributed by atoms with E-state index in [-0.39, 0.29) is 0 Å². The van der Waals surface area contributed by atoms with Gasteiger partial charge in [0.15, 0.2) is 5.96 Å². The van der Waals surface area contributed by atoms with Crippen LogP contribution < -0.4 is 10.6 Å². The Kier molecular flexibility index (Phi) is 10.3. The fraction of sp³-hybridized carbons (Fsp3) is 0.500. The van der Waals surface area contributed by atoms with Gasteiger partial charge in [0.1, 0.15) is 0 Å². The quantitative estimate of drug-likeness (QED) is 0.300. The highest BCUT2D eigenvalue weighted by Crippen LogP contribution is 2.08. The first-order valence-electron chi connectivity index (χ1n) is 7.99. The first-order valence-corrected chi connectivity index (χ1v) is 7.99. The smallest absolute Gasteiger partial charge is 0.192 e. The summed E-state index contributed by atoms with van der Waals surface area (Å²) in [5.41, 5.74) is 2.27. The zero-order valence-electron chi connectivity index (χ0n) is 14.1. The van der Waals surface area contributed by atoms with Crippen molar-refractivity contribution in [2.45, 2.75) is 27.0 Å². The number of nitrogens with zero attached hydrogens (tertiary/aromatic N) is 1. The van der Waals surface area contributed by atoms with Gasteiger partial charge in [-0.1, -0.05) is 30.2 Å². The molecule has 1 rings (SSSR count). The standard InChI is InChI=1S/C18H27N3O2/c1-4-10-20-18(19-5-2)21-14-16-8-7-9-17(13-16)15-23-12-11-22-6-3/h1,7-9,13H,5-6,10-12,14-15H2,2-3H3,(H2,19,20,21). The van der Waals surface area contributed by atoms with Crippen molar-refractivity contribution in [3.63, 3.8) is 0 Å². The average molecular weight is 317 g/mol. The summed E-state index contributed by atoms with van der Waals surface area (Å²) in [6, 6.07) is 8.23. The van der Waals surface area contributed by atoms with Crippen molar-refractivity contribution in [2.24, 2.45) is 4.99 Å². The number of ether oxygens (including phenoxy) is 2. The minimum Gasteiger partial charge on any atom is -0.379 e. The molecule has 2 N–H and O–H groups in total. The van der Waals surface area contributed by atoms with Crippen LogP contribution in [0.5, 0.6) is 0 Å². The molecule has 0 unspecified atom stereocenters. The van der Waals surface area contributed by atoms with Gasteiger partial charge < -0.3 is 20.1 Å². The van der Waals surface area contributed by atoms with Crippen molar-refractivity contribution in [3.05, 3.63) is 35.4 Å². The molecule has 5 nitrogen and oxygen atoms in total. The predicted octanol–water partition coefficient (Wildman–Crippen LogP) is 1.93. The molecule has 0 radical (unpaired) electrons. The molecule has 23 heavy (non-hydrogen) atoms. The third kappa shape index (κ3) is 8.87. The molecule has 0 saturated heterocycles. The van der Waals surface area contributed by atoms with Crippen LogP contribution in [0.4, 0.5) is 0 Å². The molecular weight excluding hydrogens is 290 g/mol. The maximum absolute atomic E-state index is 5.59. The lowest BCUT2D eigenvalue weighted by molar-refractivity contribution is 0.0453. The first kappa shape index (κ1) is 19.0. The van der Waals surface area contributed by atoms with Gasteiger partial charge in [-0.3, -0.25) is 0 Å². The Morgan fingerprint density at radius 3 is 2.70 bits per heavy atom. The number of guanidine groups is 1. The van der Waals surface area contributed by atoms with Gasteiger partial charge in [0.25, 0.3) is 0 Å². The fourth-order valence-electron chi connectivity index (χ4n) is 1.92. The maximum atomic E-state index is 5.59. The number of terminal acetylenes is 1. The van der Waals surface area contributed by atoms with Crippen molar-refractivity contribution in [1.29, 1.82) is 0 Å². The van der Waals surface area contributed by atoms with Gasteiger partial charge in [0.05, 0.1) is 32.9 Å². The van der Waals surface area contributed by atoms with Crippen LogP contribution in [0.15, 0.2) is 29.3 Å². The lowest BCUT2D eigenvalue weighted by atomic mass is 10.1. The molecule has 5 heteroatoms. The minimum atomic E-state index is 0.458. The molecule has 0 aliphatic carbocycles. The normalized spacial score (nSPS) is 11.1. The molecule has 0 fully saturated rings. The van der Waals surface area contributed by atoms with Crippen LogP contribution >= 0.6 is 0 Å². The topological polar surface area (TPSA) is 54.9 Å². The van der Waals surface area contributed by atoms with E-state index in [4.69, 9.17) is 15.9 Å². The second-order valence-electron chi connectivity index (χ2n) is 4.82. The van der Waals surface area contributed by atoms with E-state index in [2.05, 4.69) is 39.7 Å². The van der Waals surface area contributed by atoms with Gasteiger partial charge in [0.2, 0.25) is 0 Å². The van der Waals surface area contributed by atoms with Crippen LogP contribution in [-0.2, 0) is 22.6 Å². The lowest BCUT2D eigenvalue weighted by Gasteiger charge is -2.09. The molecule has 0 bridgehead atoms. The van der Waals surface area contributed by atoms with Gasteiger partial charge in [-0.25, -0.2) is 4.99 Å². The summed E-state index contributed by atoms with van der Waals surface area (Å²) in [7, 11) is 0. The zero-order valence-corrected chi connectivity index (χ0v) is 14.1. The first-order chi connectivity index (χ1) is 11.3. The van der Waals surface area contributed by atoms with Crippen LogP contribution in [0.1, 0.15) is 25.0 Å². The second-order valence-corrected chi connectivity index (χ2v) is 4.82. The van der Waals surface area contributed by atoms with Crippen LogP contribution in [-0.4, -0.2) is 38.9 Å². The number of hydrogen-bond donors (Lipinski definition) is 2. The minimum absolute atomic E-state index is 0.458. The van der Waals surface area contributed by atoms with Crippen LogP contribution in [0.2, 0.25) is 0 Å². The molecule has 0 aliphatic rings. The highest BCUT2D eigenvalue weighted by molar-refractivity contribution is 5.79. The summed E-state index contributed by atoms with van der Waals surface area (Å²) in [5, 5.41) is 6.23. The Morgan fingerprint density at radius 2 is 1.96 bits per heavy atom. The largest absolute Gasteiger partial charge is 0.379 e. The number of aliphatic imine (C=N–C) groups is 1. The summed E-state index contributed by atoms with van der Waals surface area (Å²) in [6.45, 7) is 8.39. The highest BCUT2D eigenvalue weighted by atomic mass is 16.5. The van der Waals surface area contributed by atoms with Gasteiger partial charge in [-0.15, -0.1) is 6.42 Å². The van der Waals surface area contributed by atoms with E-state index in [0.29, 0.717) is 32.9 Å².